The molecule has 31 heavy (non-hydrogen) atoms. The number of aryl methyl sites for hydroxylation is 1. The summed E-state index contributed by atoms with van der Waals surface area (Å²) in [7, 11) is 0. The van der Waals surface area contributed by atoms with Crippen molar-refractivity contribution < 1.29 is 24.5 Å². The average molecular weight is 429 g/mol. The smallest absolute Gasteiger partial charge is 0.308 e. The molecule has 2 N–H and O–H groups in total. The van der Waals surface area contributed by atoms with Crippen molar-refractivity contribution >= 4 is 11.8 Å². The fourth-order valence-electron chi connectivity index (χ4n) is 2.52. The van der Waals surface area contributed by atoms with Crippen molar-refractivity contribution in [1.82, 2.24) is 0 Å². The van der Waals surface area contributed by atoms with Crippen molar-refractivity contribution in [3.8, 4) is 5.75 Å². The molecule has 0 spiro atoms. The van der Waals surface area contributed by atoms with Gasteiger partial charge in [-0.25, -0.2) is 0 Å². The van der Waals surface area contributed by atoms with Crippen LogP contribution in [0.25, 0.3) is 0 Å². The molecule has 5 heteroatoms. The molecule has 1 fully saturated rings. The third-order valence-corrected chi connectivity index (χ3v) is 5.01. The van der Waals surface area contributed by atoms with Gasteiger partial charge in [-0.15, -0.1) is 0 Å². The van der Waals surface area contributed by atoms with E-state index in [-0.39, 0.29) is 23.6 Å². The Labute approximate surface area is 186 Å². The third-order valence-electron chi connectivity index (χ3n) is 5.01. The van der Waals surface area contributed by atoms with Gasteiger partial charge in [0.2, 0.25) is 0 Å². The highest BCUT2D eigenvalue weighted by Crippen LogP contribution is 2.31. The first-order chi connectivity index (χ1) is 14.5. The van der Waals surface area contributed by atoms with E-state index in [1.54, 1.807) is 6.07 Å². The summed E-state index contributed by atoms with van der Waals surface area (Å²) in [6.07, 6.45) is 2.08. The molecule has 170 valence electrons. The van der Waals surface area contributed by atoms with Crippen molar-refractivity contribution in [2.75, 3.05) is 6.61 Å². The van der Waals surface area contributed by atoms with Gasteiger partial charge in [-0.05, 0) is 59.1 Å². The van der Waals surface area contributed by atoms with Crippen LogP contribution in [0, 0.1) is 12.8 Å². The summed E-state index contributed by atoms with van der Waals surface area (Å²) >= 11 is 0. The number of phenols is 1. The minimum Gasteiger partial charge on any atom is -0.508 e. The van der Waals surface area contributed by atoms with E-state index in [2.05, 4.69) is 19.1 Å². The summed E-state index contributed by atoms with van der Waals surface area (Å²) in [5.41, 5.74) is 2.25. The zero-order chi connectivity index (χ0) is 23.6. The topological polar surface area (TPSA) is 83.8 Å². The van der Waals surface area contributed by atoms with E-state index >= 15 is 0 Å². The number of Topliss-reactive ketones (excluding diaryl/α,β-unsaturated/α-hetero) is 1. The normalized spacial score (nSPS) is 13.6. The number of aromatic hydroxyl groups is 1. The van der Waals surface area contributed by atoms with E-state index in [1.807, 2.05) is 44.2 Å². The molecule has 1 aliphatic rings. The molecular formula is C26H36O5. The molecule has 0 aliphatic heterocycles. The molecule has 2 aromatic rings. The molecule has 1 aliphatic carbocycles. The number of ether oxygens (including phenoxy) is 1. The Hall–Kier alpha value is -2.66. The average Bonchev–Trinajstić information content (AvgIpc) is 3.56. The molecule has 0 saturated heterocycles. The van der Waals surface area contributed by atoms with E-state index < -0.39 is 5.60 Å². The lowest BCUT2D eigenvalue weighted by Gasteiger charge is -2.14. The summed E-state index contributed by atoms with van der Waals surface area (Å²) in [5.74, 6) is 0.651. The van der Waals surface area contributed by atoms with Crippen LogP contribution in [-0.2, 0) is 14.3 Å². The SMILES string of the molecule is CC(=O)C(C)(C)O.CCOC(=O)C1CC1.Cc1ccc(O)c(C(C)c2ccccc2)c1. The van der Waals surface area contributed by atoms with Gasteiger partial charge in [0.15, 0.2) is 5.78 Å². The van der Waals surface area contributed by atoms with Gasteiger partial charge >= 0.3 is 5.97 Å². The Morgan fingerprint density at radius 3 is 2.13 bits per heavy atom. The molecule has 0 bridgehead atoms. The van der Waals surface area contributed by atoms with Gasteiger partial charge in [0.1, 0.15) is 11.4 Å². The molecule has 0 amide bonds. The van der Waals surface area contributed by atoms with Crippen LogP contribution in [0.3, 0.4) is 0 Å². The number of benzene rings is 2. The Morgan fingerprint density at radius 1 is 1.13 bits per heavy atom. The minimum atomic E-state index is -1.14. The quantitative estimate of drug-likeness (QED) is 0.643. The predicted octanol–water partition coefficient (Wildman–Crippen LogP) is 5.16. The van der Waals surface area contributed by atoms with Gasteiger partial charge in [0.05, 0.1) is 12.5 Å². The Morgan fingerprint density at radius 2 is 1.68 bits per heavy atom. The second kappa shape index (κ2) is 12.3. The summed E-state index contributed by atoms with van der Waals surface area (Å²) in [4.78, 5) is 20.8. The number of aliphatic hydroxyl groups is 1. The molecular weight excluding hydrogens is 392 g/mol. The summed E-state index contributed by atoms with van der Waals surface area (Å²) < 4.78 is 4.73. The monoisotopic (exact) mass is 428 g/mol. The van der Waals surface area contributed by atoms with Crippen LogP contribution >= 0.6 is 0 Å². The van der Waals surface area contributed by atoms with Crippen molar-refractivity contribution in [3.05, 3.63) is 65.2 Å². The highest BCUT2D eigenvalue weighted by Gasteiger charge is 2.30. The van der Waals surface area contributed by atoms with Gasteiger partial charge in [-0.2, -0.15) is 0 Å². The van der Waals surface area contributed by atoms with Gasteiger partial charge in [0, 0.05) is 11.5 Å². The van der Waals surface area contributed by atoms with Crippen LogP contribution in [-0.4, -0.2) is 34.2 Å². The lowest BCUT2D eigenvalue weighted by molar-refractivity contribution is -0.144. The highest BCUT2D eigenvalue weighted by molar-refractivity contribution is 5.83. The number of carbonyl (C=O) groups is 2. The van der Waals surface area contributed by atoms with E-state index in [4.69, 9.17) is 9.84 Å². The first-order valence-electron chi connectivity index (χ1n) is 10.7. The zero-order valence-electron chi connectivity index (χ0n) is 19.5. The van der Waals surface area contributed by atoms with Crippen molar-refractivity contribution in [2.24, 2.45) is 5.92 Å². The largest absolute Gasteiger partial charge is 0.508 e. The Bertz CT molecular complexity index is 833. The molecule has 0 aromatic heterocycles. The van der Waals surface area contributed by atoms with Crippen LogP contribution in [0.2, 0.25) is 0 Å². The zero-order valence-corrected chi connectivity index (χ0v) is 19.5. The first-order valence-corrected chi connectivity index (χ1v) is 10.7. The summed E-state index contributed by atoms with van der Waals surface area (Å²) in [6, 6.07) is 16.0. The Kier molecular flexibility index (Phi) is 10.4. The van der Waals surface area contributed by atoms with E-state index in [9.17, 15) is 14.7 Å². The lowest BCUT2D eigenvalue weighted by atomic mass is 9.91. The molecule has 2 aromatic carbocycles. The van der Waals surface area contributed by atoms with Gasteiger partial charge in [-0.1, -0.05) is 55.0 Å². The molecule has 0 radical (unpaired) electrons. The van der Waals surface area contributed by atoms with Gasteiger partial charge in [0.25, 0.3) is 0 Å². The summed E-state index contributed by atoms with van der Waals surface area (Å²) in [5, 5.41) is 18.6. The second-order valence-corrected chi connectivity index (χ2v) is 8.34. The van der Waals surface area contributed by atoms with E-state index in [0.717, 1.165) is 18.4 Å². The summed E-state index contributed by atoms with van der Waals surface area (Å²) in [6.45, 7) is 10.8. The van der Waals surface area contributed by atoms with Gasteiger partial charge in [-0.3, -0.25) is 9.59 Å². The maximum Gasteiger partial charge on any atom is 0.308 e. The lowest BCUT2D eigenvalue weighted by Crippen LogP contribution is -2.27. The number of ketones is 1. The van der Waals surface area contributed by atoms with Gasteiger partial charge < -0.3 is 14.9 Å². The van der Waals surface area contributed by atoms with E-state index in [0.29, 0.717) is 12.4 Å². The fraction of sp³-hybridized carbons (Fsp3) is 0.462. The minimum absolute atomic E-state index is 0.00694. The van der Waals surface area contributed by atoms with Crippen molar-refractivity contribution in [3.63, 3.8) is 0 Å². The van der Waals surface area contributed by atoms with E-state index in [1.165, 1.54) is 31.9 Å². The molecule has 1 saturated carbocycles. The predicted molar refractivity (Wildman–Crippen MR) is 123 cm³/mol. The number of carbonyl (C=O) groups excluding carboxylic acids is 2. The number of hydrogen-bond donors (Lipinski definition) is 2. The van der Waals surface area contributed by atoms with Crippen LogP contribution in [0.15, 0.2) is 48.5 Å². The fourth-order valence-corrected chi connectivity index (χ4v) is 2.52. The maximum atomic E-state index is 10.6. The standard InChI is InChI=1S/C15H16O.C6H10O2.C5H10O2/c1-11-8-9-15(16)14(10-11)12(2)13-6-4-3-5-7-13;1-2-8-6(7)5-3-4-5;1-4(6)5(2,3)7/h3-10,12,16H,1-2H3;5H,2-4H2,1H3;7H,1-3H3. The molecule has 0 heterocycles. The highest BCUT2D eigenvalue weighted by atomic mass is 16.5. The van der Waals surface area contributed by atoms with Crippen LogP contribution in [0.5, 0.6) is 5.75 Å². The van der Waals surface area contributed by atoms with Crippen molar-refractivity contribution in [2.45, 2.75) is 65.9 Å². The molecule has 5 nitrogen and oxygen atoms in total. The van der Waals surface area contributed by atoms with Crippen LogP contribution in [0.1, 0.15) is 70.1 Å². The maximum absolute atomic E-state index is 10.6. The number of hydrogen-bond acceptors (Lipinski definition) is 5. The first kappa shape index (κ1) is 26.4. The number of rotatable bonds is 5. The molecule has 3 rings (SSSR count). The second-order valence-electron chi connectivity index (χ2n) is 8.34. The number of phenolic OH excluding ortho intramolecular Hbond substituents is 1. The molecule has 1 unspecified atom stereocenters. The number of esters is 1. The molecule has 1 atom stereocenters. The van der Waals surface area contributed by atoms with Crippen molar-refractivity contribution in [1.29, 1.82) is 0 Å². The van der Waals surface area contributed by atoms with Crippen LogP contribution in [0.4, 0.5) is 0 Å². The Balaban J connectivity index is 0.000000268. The van der Waals surface area contributed by atoms with Crippen LogP contribution < -0.4 is 0 Å². The third kappa shape index (κ3) is 9.79.